The van der Waals surface area contributed by atoms with E-state index in [9.17, 15) is 10.1 Å². The lowest BCUT2D eigenvalue weighted by Gasteiger charge is -2.36. The van der Waals surface area contributed by atoms with E-state index < -0.39 is 0 Å². The molecule has 0 aromatic heterocycles. The van der Waals surface area contributed by atoms with Gasteiger partial charge in [0, 0.05) is 57.7 Å². The van der Waals surface area contributed by atoms with Crippen LogP contribution in [0.4, 0.5) is 11.4 Å². The van der Waals surface area contributed by atoms with E-state index in [1.807, 2.05) is 13.0 Å². The third-order valence-electron chi connectivity index (χ3n) is 3.61. The Bertz CT molecular complexity index is 471. The minimum absolute atomic E-state index is 0.168. The number of ether oxygens (including phenoxy) is 1. The molecule has 0 atom stereocenters. The van der Waals surface area contributed by atoms with Gasteiger partial charge in [-0.1, -0.05) is 0 Å². The number of benzene rings is 1. The van der Waals surface area contributed by atoms with Gasteiger partial charge in [-0.15, -0.1) is 0 Å². The van der Waals surface area contributed by atoms with Crippen molar-refractivity contribution < 1.29 is 9.66 Å². The van der Waals surface area contributed by atoms with Gasteiger partial charge in [-0.3, -0.25) is 15.0 Å². The summed E-state index contributed by atoms with van der Waals surface area (Å²) in [6.07, 6.45) is 0. The molecule has 0 spiro atoms. The van der Waals surface area contributed by atoms with E-state index in [1.165, 1.54) is 0 Å². The van der Waals surface area contributed by atoms with E-state index in [0.29, 0.717) is 0 Å². The number of nitrogens with zero attached hydrogens (tertiary/aromatic N) is 3. The molecule has 0 radical (unpaired) electrons. The van der Waals surface area contributed by atoms with Crippen LogP contribution in [0, 0.1) is 17.0 Å². The number of nitro benzene ring substituents is 1. The molecule has 0 unspecified atom stereocenters. The molecule has 1 heterocycles. The average Bonchev–Trinajstić information content (AvgIpc) is 2.45. The number of hydrogen-bond donors (Lipinski definition) is 0. The predicted octanol–water partition coefficient (Wildman–Crippen LogP) is 1.67. The lowest BCUT2D eigenvalue weighted by Crippen LogP contribution is -2.47. The van der Waals surface area contributed by atoms with Crippen molar-refractivity contribution in [3.8, 4) is 0 Å². The number of hydrogen-bond acceptors (Lipinski definition) is 5. The fourth-order valence-corrected chi connectivity index (χ4v) is 2.48. The van der Waals surface area contributed by atoms with Crippen molar-refractivity contribution >= 4 is 11.4 Å². The molecule has 6 heteroatoms. The maximum Gasteiger partial charge on any atom is 0.271 e. The van der Waals surface area contributed by atoms with Crippen molar-refractivity contribution in [1.29, 1.82) is 0 Å². The fourth-order valence-electron chi connectivity index (χ4n) is 2.48. The highest BCUT2D eigenvalue weighted by molar-refractivity contribution is 5.56. The van der Waals surface area contributed by atoms with Gasteiger partial charge in [0.25, 0.3) is 5.69 Å². The standard InChI is InChI=1S/C14H21N3O3/c1-12-9-13(11-14(10-12)17(18)19)16-5-3-15(4-6-16)7-8-20-2/h9-11H,3-8H2,1-2H3. The molecule has 0 saturated carbocycles. The third-order valence-corrected chi connectivity index (χ3v) is 3.61. The molecule has 1 fully saturated rings. The lowest BCUT2D eigenvalue weighted by molar-refractivity contribution is -0.384. The van der Waals surface area contributed by atoms with Crippen LogP contribution in [0.2, 0.25) is 0 Å². The van der Waals surface area contributed by atoms with Gasteiger partial charge in [-0.25, -0.2) is 0 Å². The molecule has 0 aliphatic carbocycles. The summed E-state index contributed by atoms with van der Waals surface area (Å²) >= 11 is 0. The maximum atomic E-state index is 10.9. The summed E-state index contributed by atoms with van der Waals surface area (Å²) in [6.45, 7) is 7.30. The van der Waals surface area contributed by atoms with Crippen molar-refractivity contribution in [1.82, 2.24) is 4.90 Å². The molecule has 1 aliphatic rings. The molecule has 0 bridgehead atoms. The van der Waals surface area contributed by atoms with Gasteiger partial charge < -0.3 is 9.64 Å². The molecule has 1 aromatic carbocycles. The topological polar surface area (TPSA) is 58.8 Å². The van der Waals surface area contributed by atoms with Gasteiger partial charge in [-0.05, 0) is 18.6 Å². The van der Waals surface area contributed by atoms with Gasteiger partial charge in [0.05, 0.1) is 11.5 Å². The van der Waals surface area contributed by atoms with Crippen LogP contribution in [-0.2, 0) is 4.74 Å². The van der Waals surface area contributed by atoms with Crippen molar-refractivity contribution in [2.45, 2.75) is 6.92 Å². The highest BCUT2D eigenvalue weighted by Gasteiger charge is 2.19. The first-order valence-corrected chi connectivity index (χ1v) is 6.82. The quantitative estimate of drug-likeness (QED) is 0.606. The van der Waals surface area contributed by atoms with E-state index in [4.69, 9.17) is 4.74 Å². The summed E-state index contributed by atoms with van der Waals surface area (Å²) in [6, 6.07) is 5.29. The number of piperazine rings is 1. The number of methoxy groups -OCH3 is 1. The minimum Gasteiger partial charge on any atom is -0.383 e. The second kappa shape index (κ2) is 6.67. The molecule has 1 aliphatic heterocycles. The normalized spacial score (nSPS) is 16.4. The van der Waals surface area contributed by atoms with Gasteiger partial charge in [0.2, 0.25) is 0 Å². The Hall–Kier alpha value is -1.66. The molecule has 1 aromatic rings. The molecular formula is C14H21N3O3. The van der Waals surface area contributed by atoms with Crippen LogP contribution in [0.3, 0.4) is 0 Å². The van der Waals surface area contributed by atoms with Crippen LogP contribution in [0.15, 0.2) is 18.2 Å². The van der Waals surface area contributed by atoms with Crippen LogP contribution in [-0.4, -0.2) is 56.3 Å². The van der Waals surface area contributed by atoms with E-state index in [2.05, 4.69) is 9.80 Å². The van der Waals surface area contributed by atoms with Gasteiger partial charge >= 0.3 is 0 Å². The zero-order valence-electron chi connectivity index (χ0n) is 12.0. The fraction of sp³-hybridized carbons (Fsp3) is 0.571. The monoisotopic (exact) mass is 279 g/mol. The van der Waals surface area contributed by atoms with Crippen molar-refractivity contribution in [2.24, 2.45) is 0 Å². The third kappa shape index (κ3) is 3.68. The summed E-state index contributed by atoms with van der Waals surface area (Å²) in [5.41, 5.74) is 2.04. The summed E-state index contributed by atoms with van der Waals surface area (Å²) in [7, 11) is 1.71. The first-order chi connectivity index (χ1) is 9.60. The second-order valence-electron chi connectivity index (χ2n) is 5.11. The lowest BCUT2D eigenvalue weighted by atomic mass is 10.1. The molecule has 2 rings (SSSR count). The van der Waals surface area contributed by atoms with Crippen molar-refractivity contribution in [3.05, 3.63) is 33.9 Å². The Labute approximate surface area is 119 Å². The molecule has 0 amide bonds. The molecule has 6 nitrogen and oxygen atoms in total. The minimum atomic E-state index is -0.328. The first-order valence-electron chi connectivity index (χ1n) is 6.82. The Balaban J connectivity index is 2.01. The summed E-state index contributed by atoms with van der Waals surface area (Å²) in [5, 5.41) is 10.9. The van der Waals surface area contributed by atoms with E-state index >= 15 is 0 Å². The first kappa shape index (κ1) is 14.7. The summed E-state index contributed by atoms with van der Waals surface area (Å²) in [4.78, 5) is 15.2. The molecule has 0 N–H and O–H groups in total. The Kier molecular flexibility index (Phi) is 4.92. The van der Waals surface area contributed by atoms with Crippen LogP contribution >= 0.6 is 0 Å². The largest absolute Gasteiger partial charge is 0.383 e. The molecular weight excluding hydrogens is 258 g/mol. The highest BCUT2D eigenvalue weighted by Crippen LogP contribution is 2.24. The number of anilines is 1. The predicted molar refractivity (Wildman–Crippen MR) is 78.4 cm³/mol. The average molecular weight is 279 g/mol. The van der Waals surface area contributed by atoms with Gasteiger partial charge in [0.1, 0.15) is 0 Å². The van der Waals surface area contributed by atoms with Crippen LogP contribution in [0.1, 0.15) is 5.56 Å². The number of non-ortho nitro benzene ring substituents is 1. The van der Waals surface area contributed by atoms with Crippen LogP contribution in [0.25, 0.3) is 0 Å². The van der Waals surface area contributed by atoms with Gasteiger partial charge in [0.15, 0.2) is 0 Å². The summed E-state index contributed by atoms with van der Waals surface area (Å²) < 4.78 is 5.08. The Morgan fingerprint density at radius 3 is 2.55 bits per heavy atom. The van der Waals surface area contributed by atoms with Crippen LogP contribution in [0.5, 0.6) is 0 Å². The maximum absolute atomic E-state index is 10.9. The number of nitro groups is 1. The zero-order valence-corrected chi connectivity index (χ0v) is 12.0. The Morgan fingerprint density at radius 2 is 1.95 bits per heavy atom. The van der Waals surface area contributed by atoms with Gasteiger partial charge in [-0.2, -0.15) is 0 Å². The smallest absolute Gasteiger partial charge is 0.271 e. The number of rotatable bonds is 5. The SMILES string of the molecule is COCCN1CCN(c2cc(C)cc([N+](=O)[O-])c2)CC1. The second-order valence-corrected chi connectivity index (χ2v) is 5.11. The Morgan fingerprint density at radius 1 is 1.25 bits per heavy atom. The van der Waals surface area contributed by atoms with Crippen molar-refractivity contribution in [3.63, 3.8) is 0 Å². The summed E-state index contributed by atoms with van der Waals surface area (Å²) in [5.74, 6) is 0. The molecule has 20 heavy (non-hydrogen) atoms. The van der Waals surface area contributed by atoms with E-state index in [-0.39, 0.29) is 10.6 Å². The molecule has 110 valence electrons. The zero-order chi connectivity index (χ0) is 14.5. The van der Waals surface area contributed by atoms with Crippen molar-refractivity contribution in [2.75, 3.05) is 51.3 Å². The van der Waals surface area contributed by atoms with E-state index in [1.54, 1.807) is 19.2 Å². The van der Waals surface area contributed by atoms with E-state index in [0.717, 1.165) is 50.6 Å². The number of aryl methyl sites for hydroxylation is 1. The van der Waals surface area contributed by atoms with Crippen LogP contribution < -0.4 is 4.90 Å². The molecule has 1 saturated heterocycles. The highest BCUT2D eigenvalue weighted by atomic mass is 16.6.